The van der Waals surface area contributed by atoms with Gasteiger partial charge in [-0.25, -0.2) is 0 Å². The molecule has 0 bridgehead atoms. The second-order valence-electron chi connectivity index (χ2n) is 5.32. The molecule has 2 aliphatic heterocycles. The van der Waals surface area contributed by atoms with Crippen molar-refractivity contribution in [2.75, 3.05) is 39.3 Å². The molecule has 1 aromatic rings. The summed E-state index contributed by atoms with van der Waals surface area (Å²) in [6.07, 6.45) is 4.73. The molecule has 7 nitrogen and oxygen atoms in total. The van der Waals surface area contributed by atoms with E-state index in [0.29, 0.717) is 44.8 Å². The third-order valence-electron chi connectivity index (χ3n) is 4.01. The number of hydrogen-bond acceptors (Lipinski definition) is 4. The number of nitrogens with zero attached hydrogens (tertiary/aromatic N) is 3. The summed E-state index contributed by atoms with van der Waals surface area (Å²) in [6, 6.07) is 1.62. The van der Waals surface area contributed by atoms with Crippen molar-refractivity contribution in [3.05, 3.63) is 24.2 Å². The van der Waals surface area contributed by atoms with Crippen molar-refractivity contribution in [3.8, 4) is 0 Å². The van der Waals surface area contributed by atoms with Crippen molar-refractivity contribution in [2.24, 2.45) is 0 Å². The molecule has 0 atom stereocenters. The van der Waals surface area contributed by atoms with Gasteiger partial charge in [-0.15, -0.1) is 0 Å². The summed E-state index contributed by atoms with van der Waals surface area (Å²) < 4.78 is 32.8. The fourth-order valence-electron chi connectivity index (χ4n) is 2.77. The number of hydrogen-bond donors (Lipinski definition) is 0. The smallest absolute Gasteiger partial charge is 0.282 e. The number of amides is 1. The van der Waals surface area contributed by atoms with Crippen LogP contribution < -0.4 is 0 Å². The van der Waals surface area contributed by atoms with E-state index in [1.807, 2.05) is 0 Å². The van der Waals surface area contributed by atoms with Gasteiger partial charge in [-0.2, -0.15) is 17.0 Å². The molecule has 0 saturated carbocycles. The normalized spacial score (nSPS) is 21.8. The van der Waals surface area contributed by atoms with Crippen LogP contribution in [0.15, 0.2) is 23.0 Å². The summed E-state index contributed by atoms with van der Waals surface area (Å²) in [5.74, 6) is -0.109. The van der Waals surface area contributed by atoms with Crippen LogP contribution in [-0.2, 0) is 10.2 Å². The van der Waals surface area contributed by atoms with E-state index in [2.05, 4.69) is 0 Å². The molecule has 0 aromatic carbocycles. The number of rotatable bonds is 3. The Morgan fingerprint density at radius 3 is 2.19 bits per heavy atom. The molecule has 21 heavy (non-hydrogen) atoms. The van der Waals surface area contributed by atoms with Gasteiger partial charge in [0, 0.05) is 39.3 Å². The minimum absolute atomic E-state index is 0.109. The Bertz CT molecular complexity index is 585. The van der Waals surface area contributed by atoms with E-state index in [1.165, 1.54) is 16.8 Å². The molecule has 3 heterocycles. The first kappa shape index (κ1) is 14.6. The van der Waals surface area contributed by atoms with Crippen LogP contribution in [-0.4, -0.2) is 67.1 Å². The summed E-state index contributed by atoms with van der Waals surface area (Å²) >= 11 is 0. The molecule has 1 aromatic heterocycles. The summed E-state index contributed by atoms with van der Waals surface area (Å²) in [5.41, 5.74) is 0.505. The monoisotopic (exact) mass is 313 g/mol. The van der Waals surface area contributed by atoms with Crippen molar-refractivity contribution in [1.29, 1.82) is 0 Å². The van der Waals surface area contributed by atoms with Crippen molar-refractivity contribution in [3.63, 3.8) is 0 Å². The lowest BCUT2D eigenvalue weighted by Gasteiger charge is -2.35. The van der Waals surface area contributed by atoms with Crippen LogP contribution in [0.4, 0.5) is 0 Å². The molecule has 0 N–H and O–H groups in total. The Morgan fingerprint density at radius 2 is 1.62 bits per heavy atom. The van der Waals surface area contributed by atoms with Crippen LogP contribution >= 0.6 is 0 Å². The molecule has 2 aliphatic rings. The van der Waals surface area contributed by atoms with E-state index >= 15 is 0 Å². The van der Waals surface area contributed by atoms with Crippen LogP contribution in [0.5, 0.6) is 0 Å². The maximum absolute atomic E-state index is 12.4. The average Bonchev–Trinajstić information content (AvgIpc) is 3.19. The summed E-state index contributed by atoms with van der Waals surface area (Å²) in [4.78, 5) is 13.8. The van der Waals surface area contributed by atoms with Crippen molar-refractivity contribution in [2.45, 2.75) is 12.8 Å². The largest absolute Gasteiger partial charge is 0.472 e. The SMILES string of the molecule is O=C(c1ccoc1)N1CCN(S(=O)(=O)N2CCCC2)CC1. The molecule has 0 spiro atoms. The second-order valence-corrected chi connectivity index (χ2v) is 7.25. The molecule has 0 aliphatic carbocycles. The standard InChI is InChI=1S/C13H19N3O4S/c17-13(12-3-10-20-11-12)14-6-8-16(9-7-14)21(18,19)15-4-1-2-5-15/h3,10-11H,1-2,4-9H2. The first-order valence-corrected chi connectivity index (χ1v) is 8.55. The van der Waals surface area contributed by atoms with E-state index in [9.17, 15) is 13.2 Å². The quantitative estimate of drug-likeness (QED) is 0.808. The zero-order chi connectivity index (χ0) is 14.9. The Labute approximate surface area is 124 Å². The molecular formula is C13H19N3O4S. The molecule has 2 fully saturated rings. The van der Waals surface area contributed by atoms with E-state index < -0.39 is 10.2 Å². The second kappa shape index (κ2) is 5.78. The number of carbonyl (C=O) groups excluding carboxylic acids is 1. The van der Waals surface area contributed by atoms with Gasteiger partial charge in [0.15, 0.2) is 0 Å². The fraction of sp³-hybridized carbons (Fsp3) is 0.615. The summed E-state index contributed by atoms with van der Waals surface area (Å²) in [6.45, 7) is 2.74. The Balaban J connectivity index is 1.61. The third kappa shape index (κ3) is 2.83. The fourth-order valence-corrected chi connectivity index (χ4v) is 4.44. The first-order valence-electron chi connectivity index (χ1n) is 7.16. The minimum Gasteiger partial charge on any atom is -0.472 e. The highest BCUT2D eigenvalue weighted by atomic mass is 32.2. The van der Waals surface area contributed by atoms with E-state index in [-0.39, 0.29) is 5.91 Å². The van der Waals surface area contributed by atoms with Crippen LogP contribution in [0.2, 0.25) is 0 Å². The van der Waals surface area contributed by atoms with Gasteiger partial charge in [-0.1, -0.05) is 0 Å². The van der Waals surface area contributed by atoms with Gasteiger partial charge in [-0.3, -0.25) is 4.79 Å². The van der Waals surface area contributed by atoms with Crippen LogP contribution in [0.25, 0.3) is 0 Å². The number of furan rings is 1. The lowest BCUT2D eigenvalue weighted by atomic mass is 10.2. The van der Waals surface area contributed by atoms with Gasteiger partial charge >= 0.3 is 0 Å². The van der Waals surface area contributed by atoms with Gasteiger partial charge < -0.3 is 9.32 Å². The molecule has 1 amide bonds. The van der Waals surface area contributed by atoms with Crippen LogP contribution in [0.3, 0.4) is 0 Å². The highest BCUT2D eigenvalue weighted by Gasteiger charge is 2.34. The number of piperazine rings is 1. The molecular weight excluding hydrogens is 294 g/mol. The lowest BCUT2D eigenvalue weighted by molar-refractivity contribution is 0.0694. The van der Waals surface area contributed by atoms with Crippen molar-refractivity contribution < 1.29 is 17.6 Å². The average molecular weight is 313 g/mol. The molecule has 8 heteroatoms. The zero-order valence-corrected chi connectivity index (χ0v) is 12.6. The van der Waals surface area contributed by atoms with Crippen LogP contribution in [0, 0.1) is 0 Å². The van der Waals surface area contributed by atoms with Gasteiger partial charge in [-0.05, 0) is 18.9 Å². The van der Waals surface area contributed by atoms with E-state index in [0.717, 1.165) is 12.8 Å². The minimum atomic E-state index is -3.35. The van der Waals surface area contributed by atoms with Gasteiger partial charge in [0.2, 0.25) is 0 Å². The van der Waals surface area contributed by atoms with E-state index in [1.54, 1.807) is 15.3 Å². The van der Waals surface area contributed by atoms with Gasteiger partial charge in [0.1, 0.15) is 6.26 Å². The topological polar surface area (TPSA) is 74.1 Å². The van der Waals surface area contributed by atoms with Crippen LogP contribution in [0.1, 0.15) is 23.2 Å². The maximum Gasteiger partial charge on any atom is 0.282 e. The highest BCUT2D eigenvalue weighted by molar-refractivity contribution is 7.86. The number of carbonyl (C=O) groups is 1. The van der Waals surface area contributed by atoms with Crippen molar-refractivity contribution in [1.82, 2.24) is 13.5 Å². The van der Waals surface area contributed by atoms with Crippen molar-refractivity contribution >= 4 is 16.1 Å². The van der Waals surface area contributed by atoms with Gasteiger partial charge in [0.05, 0.1) is 11.8 Å². The predicted molar refractivity (Wildman–Crippen MR) is 75.9 cm³/mol. The maximum atomic E-state index is 12.4. The Kier molecular flexibility index (Phi) is 4.01. The third-order valence-corrected chi connectivity index (χ3v) is 6.05. The summed E-state index contributed by atoms with van der Waals surface area (Å²) in [7, 11) is -3.35. The Morgan fingerprint density at radius 1 is 1.00 bits per heavy atom. The summed E-state index contributed by atoms with van der Waals surface area (Å²) in [5, 5.41) is 0. The molecule has 0 unspecified atom stereocenters. The molecule has 3 rings (SSSR count). The lowest BCUT2D eigenvalue weighted by Crippen LogP contribution is -2.53. The molecule has 2 saturated heterocycles. The molecule has 0 radical (unpaired) electrons. The first-order chi connectivity index (χ1) is 10.1. The Hall–Kier alpha value is -1.38. The van der Waals surface area contributed by atoms with E-state index in [4.69, 9.17) is 4.42 Å². The van der Waals surface area contributed by atoms with Gasteiger partial charge in [0.25, 0.3) is 16.1 Å². The highest BCUT2D eigenvalue weighted by Crippen LogP contribution is 2.18. The molecule has 116 valence electrons. The zero-order valence-electron chi connectivity index (χ0n) is 11.8. The predicted octanol–water partition coefficient (Wildman–Crippen LogP) is 0.378.